The van der Waals surface area contributed by atoms with E-state index in [0.717, 1.165) is 63.5 Å². The highest BCUT2D eigenvalue weighted by atomic mass is 35.5. The number of hydrogen-bond donors (Lipinski definition) is 1. The fraction of sp³-hybridized carbons (Fsp3) is 0.556. The van der Waals surface area contributed by atoms with E-state index < -0.39 is 0 Å². The third kappa shape index (κ3) is 3.86. The number of piperidine rings is 1. The molecule has 2 aliphatic heterocycles. The molecule has 1 saturated heterocycles. The third-order valence-corrected chi connectivity index (χ3v) is 5.30. The van der Waals surface area contributed by atoms with Crippen LogP contribution in [-0.4, -0.2) is 39.3 Å². The van der Waals surface area contributed by atoms with Crippen LogP contribution in [0.25, 0.3) is 0 Å². The first-order chi connectivity index (χ1) is 11.7. The topological polar surface area (TPSA) is 46.0 Å². The summed E-state index contributed by atoms with van der Waals surface area (Å²) >= 11 is 0. The van der Waals surface area contributed by atoms with E-state index >= 15 is 0 Å². The van der Waals surface area contributed by atoms with E-state index in [0.29, 0.717) is 5.92 Å². The Hall–Kier alpha value is -1.50. The molecular formula is C18H25ClFN5. The number of likely N-dealkylation sites (tertiary alicyclic amines) is 1. The monoisotopic (exact) mass is 365 g/mol. The number of rotatable bonds is 3. The van der Waals surface area contributed by atoms with Crippen molar-refractivity contribution in [3.63, 3.8) is 0 Å². The Morgan fingerprint density at radius 2 is 2.00 bits per heavy atom. The predicted molar refractivity (Wildman–Crippen MR) is 97.4 cm³/mol. The first-order valence-electron chi connectivity index (χ1n) is 8.81. The van der Waals surface area contributed by atoms with Crippen LogP contribution in [-0.2, 0) is 19.6 Å². The molecule has 0 spiro atoms. The second kappa shape index (κ2) is 7.81. The van der Waals surface area contributed by atoms with Crippen LogP contribution in [0, 0.1) is 12.7 Å². The quantitative estimate of drug-likeness (QED) is 0.908. The normalized spacial score (nSPS) is 18.6. The van der Waals surface area contributed by atoms with Gasteiger partial charge in [-0.1, -0.05) is 6.07 Å². The van der Waals surface area contributed by atoms with Crippen molar-refractivity contribution >= 4 is 12.4 Å². The van der Waals surface area contributed by atoms with Crippen LogP contribution in [0.5, 0.6) is 0 Å². The van der Waals surface area contributed by atoms with Crippen LogP contribution in [0.1, 0.15) is 41.5 Å². The molecule has 0 bridgehead atoms. The van der Waals surface area contributed by atoms with E-state index in [2.05, 4.69) is 25.0 Å². The van der Waals surface area contributed by atoms with Crippen molar-refractivity contribution in [1.29, 1.82) is 0 Å². The van der Waals surface area contributed by atoms with Gasteiger partial charge in [-0.2, -0.15) is 0 Å². The van der Waals surface area contributed by atoms with Crippen molar-refractivity contribution in [1.82, 2.24) is 25.0 Å². The summed E-state index contributed by atoms with van der Waals surface area (Å²) in [7, 11) is 0. The van der Waals surface area contributed by atoms with Gasteiger partial charge in [-0.3, -0.25) is 4.90 Å². The van der Waals surface area contributed by atoms with Gasteiger partial charge in [0.15, 0.2) is 0 Å². The van der Waals surface area contributed by atoms with Gasteiger partial charge < -0.3 is 9.88 Å². The standard InChI is InChI=1S/C18H24FN5.ClH/c1-13-10-16(19)3-2-15(13)12-23-7-4-14(5-8-23)18-22-21-17-11-20-6-9-24(17)18;/h2-3,10,14,20H,4-9,11-12H2,1H3;1H. The Kier molecular flexibility index (Phi) is 5.71. The van der Waals surface area contributed by atoms with Gasteiger partial charge in [-0.05, 0) is 56.1 Å². The van der Waals surface area contributed by atoms with Crippen molar-refractivity contribution < 1.29 is 4.39 Å². The molecule has 1 fully saturated rings. The molecule has 5 nitrogen and oxygen atoms in total. The van der Waals surface area contributed by atoms with Crippen molar-refractivity contribution in [2.75, 3.05) is 19.6 Å². The molecule has 1 aromatic carbocycles. The highest BCUT2D eigenvalue weighted by molar-refractivity contribution is 5.85. The second-order valence-electron chi connectivity index (χ2n) is 6.92. The molecule has 1 aromatic heterocycles. The van der Waals surface area contributed by atoms with Crippen LogP contribution in [0.15, 0.2) is 18.2 Å². The fourth-order valence-electron chi connectivity index (χ4n) is 3.84. The van der Waals surface area contributed by atoms with Crippen LogP contribution in [0.4, 0.5) is 4.39 Å². The summed E-state index contributed by atoms with van der Waals surface area (Å²) in [6.07, 6.45) is 2.23. The molecule has 0 unspecified atom stereocenters. The number of aryl methyl sites for hydroxylation is 1. The highest BCUT2D eigenvalue weighted by Gasteiger charge is 2.27. The molecule has 25 heavy (non-hydrogen) atoms. The van der Waals surface area contributed by atoms with Gasteiger partial charge in [0.05, 0.1) is 6.54 Å². The van der Waals surface area contributed by atoms with Crippen LogP contribution >= 0.6 is 12.4 Å². The Morgan fingerprint density at radius 3 is 2.76 bits per heavy atom. The zero-order valence-electron chi connectivity index (χ0n) is 14.5. The van der Waals surface area contributed by atoms with E-state index in [1.54, 1.807) is 12.1 Å². The molecule has 0 atom stereocenters. The molecular weight excluding hydrogens is 341 g/mol. The predicted octanol–water partition coefficient (Wildman–Crippen LogP) is 2.63. The maximum atomic E-state index is 13.2. The number of hydrogen-bond acceptors (Lipinski definition) is 4. The Balaban J connectivity index is 0.00000182. The minimum absolute atomic E-state index is 0. The Morgan fingerprint density at radius 1 is 1.20 bits per heavy atom. The summed E-state index contributed by atoms with van der Waals surface area (Å²) in [5, 5.41) is 12.1. The average Bonchev–Trinajstić information content (AvgIpc) is 3.02. The van der Waals surface area contributed by atoms with Gasteiger partial charge in [-0.15, -0.1) is 22.6 Å². The lowest BCUT2D eigenvalue weighted by atomic mass is 9.95. The number of aromatic nitrogens is 3. The number of fused-ring (bicyclic) bond motifs is 1. The van der Waals surface area contributed by atoms with Crippen LogP contribution in [0.3, 0.4) is 0 Å². The summed E-state index contributed by atoms with van der Waals surface area (Å²) < 4.78 is 15.5. The van der Waals surface area contributed by atoms with Gasteiger partial charge in [0.25, 0.3) is 0 Å². The molecule has 3 heterocycles. The number of nitrogens with one attached hydrogen (secondary N) is 1. The first-order valence-corrected chi connectivity index (χ1v) is 8.81. The largest absolute Gasteiger partial charge is 0.312 e. The maximum Gasteiger partial charge on any atom is 0.147 e. The van der Waals surface area contributed by atoms with Crippen LogP contribution < -0.4 is 5.32 Å². The molecule has 7 heteroatoms. The van der Waals surface area contributed by atoms with Gasteiger partial charge in [0, 0.05) is 25.6 Å². The number of benzene rings is 1. The zero-order chi connectivity index (χ0) is 16.5. The smallest absolute Gasteiger partial charge is 0.147 e. The summed E-state index contributed by atoms with van der Waals surface area (Å²) in [5.41, 5.74) is 2.26. The van der Waals surface area contributed by atoms with Crippen molar-refractivity contribution in [3.05, 3.63) is 46.8 Å². The first kappa shape index (κ1) is 18.3. The minimum Gasteiger partial charge on any atom is -0.312 e. The molecule has 2 aliphatic rings. The SMILES string of the molecule is Cc1cc(F)ccc1CN1CCC(c2nnc3n2CCNC3)CC1.Cl. The maximum absolute atomic E-state index is 13.2. The van der Waals surface area contributed by atoms with Gasteiger partial charge in [0.1, 0.15) is 17.5 Å². The van der Waals surface area contributed by atoms with E-state index in [1.165, 1.54) is 11.4 Å². The minimum atomic E-state index is -0.152. The fourth-order valence-corrected chi connectivity index (χ4v) is 3.84. The molecule has 4 rings (SSSR count). The summed E-state index contributed by atoms with van der Waals surface area (Å²) in [6, 6.07) is 5.10. The Labute approximate surface area is 154 Å². The molecule has 136 valence electrons. The van der Waals surface area contributed by atoms with Crippen LogP contribution in [0.2, 0.25) is 0 Å². The van der Waals surface area contributed by atoms with E-state index in [9.17, 15) is 4.39 Å². The lowest BCUT2D eigenvalue weighted by molar-refractivity contribution is 0.199. The number of nitrogens with zero attached hydrogens (tertiary/aromatic N) is 4. The second-order valence-corrected chi connectivity index (χ2v) is 6.92. The molecule has 0 aliphatic carbocycles. The summed E-state index contributed by atoms with van der Waals surface area (Å²) in [6.45, 7) is 7.81. The average molecular weight is 366 g/mol. The van der Waals surface area contributed by atoms with E-state index in [1.807, 2.05) is 13.0 Å². The lowest BCUT2D eigenvalue weighted by Crippen LogP contribution is -2.34. The lowest BCUT2D eigenvalue weighted by Gasteiger charge is -2.32. The van der Waals surface area contributed by atoms with E-state index in [4.69, 9.17) is 0 Å². The van der Waals surface area contributed by atoms with Crippen molar-refractivity contribution in [2.45, 2.75) is 45.3 Å². The van der Waals surface area contributed by atoms with Crippen molar-refractivity contribution in [3.8, 4) is 0 Å². The Bertz CT molecular complexity index is 724. The molecule has 0 radical (unpaired) electrons. The third-order valence-electron chi connectivity index (χ3n) is 5.30. The summed E-state index contributed by atoms with van der Waals surface area (Å²) in [4.78, 5) is 2.46. The molecule has 0 amide bonds. The highest BCUT2D eigenvalue weighted by Crippen LogP contribution is 2.28. The van der Waals surface area contributed by atoms with E-state index in [-0.39, 0.29) is 18.2 Å². The molecule has 1 N–H and O–H groups in total. The summed E-state index contributed by atoms with van der Waals surface area (Å²) in [5.74, 6) is 2.60. The molecule has 2 aromatic rings. The van der Waals surface area contributed by atoms with Crippen molar-refractivity contribution in [2.24, 2.45) is 0 Å². The zero-order valence-corrected chi connectivity index (χ0v) is 15.4. The number of halogens is 2. The van der Waals surface area contributed by atoms with Gasteiger partial charge >= 0.3 is 0 Å². The van der Waals surface area contributed by atoms with Gasteiger partial charge in [0.2, 0.25) is 0 Å². The molecule has 0 saturated carbocycles. The van der Waals surface area contributed by atoms with Gasteiger partial charge in [-0.25, -0.2) is 4.39 Å².